The van der Waals surface area contributed by atoms with Gasteiger partial charge in [-0.15, -0.1) is 0 Å². The number of hydrogen-bond donors (Lipinski definition) is 2. The summed E-state index contributed by atoms with van der Waals surface area (Å²) in [7, 11) is 1.66. The number of ether oxygens (including phenoxy) is 1. The number of aromatic nitrogens is 2. The van der Waals surface area contributed by atoms with Crippen molar-refractivity contribution in [3.63, 3.8) is 0 Å². The number of para-hydroxylation sites is 1. The van der Waals surface area contributed by atoms with Gasteiger partial charge in [-0.25, -0.2) is 9.97 Å². The molecule has 2 aromatic rings. The molecular weight excluding hydrogens is 304 g/mol. The van der Waals surface area contributed by atoms with Crippen molar-refractivity contribution in [2.24, 2.45) is 0 Å². The fourth-order valence-corrected chi connectivity index (χ4v) is 2.31. The molecule has 0 saturated carbocycles. The molecule has 128 valence electrons. The van der Waals surface area contributed by atoms with Gasteiger partial charge in [-0.2, -0.15) is 0 Å². The van der Waals surface area contributed by atoms with Crippen molar-refractivity contribution in [2.75, 3.05) is 25.5 Å². The van der Waals surface area contributed by atoms with E-state index in [0.717, 1.165) is 29.8 Å². The predicted molar refractivity (Wildman–Crippen MR) is 94.6 cm³/mol. The number of benzene rings is 1. The summed E-state index contributed by atoms with van der Waals surface area (Å²) in [5.74, 6) is 1.16. The topological polar surface area (TPSA) is 76.1 Å². The molecule has 1 aromatic carbocycles. The van der Waals surface area contributed by atoms with E-state index in [9.17, 15) is 4.79 Å². The van der Waals surface area contributed by atoms with Crippen LogP contribution in [0.2, 0.25) is 0 Å². The molecule has 0 saturated heterocycles. The molecule has 1 heterocycles. The van der Waals surface area contributed by atoms with Gasteiger partial charge in [0, 0.05) is 18.8 Å². The van der Waals surface area contributed by atoms with Crippen molar-refractivity contribution in [3.8, 4) is 5.75 Å². The zero-order valence-electron chi connectivity index (χ0n) is 14.4. The zero-order valence-corrected chi connectivity index (χ0v) is 14.4. The van der Waals surface area contributed by atoms with E-state index in [0.29, 0.717) is 24.7 Å². The van der Waals surface area contributed by atoms with Crippen LogP contribution >= 0.6 is 0 Å². The van der Waals surface area contributed by atoms with Crippen LogP contribution in [-0.4, -0.2) is 36.1 Å². The van der Waals surface area contributed by atoms with Gasteiger partial charge in [-0.05, 0) is 37.5 Å². The minimum atomic E-state index is -0.171. The Balaban J connectivity index is 1.99. The summed E-state index contributed by atoms with van der Waals surface area (Å²) in [5, 5.41) is 6.01. The van der Waals surface area contributed by atoms with Gasteiger partial charge in [0.2, 0.25) is 5.95 Å². The lowest BCUT2D eigenvalue weighted by Gasteiger charge is -2.10. The highest BCUT2D eigenvalue weighted by Gasteiger charge is 2.10. The van der Waals surface area contributed by atoms with E-state index in [4.69, 9.17) is 4.74 Å². The number of aryl methyl sites for hydroxylation is 1. The van der Waals surface area contributed by atoms with Gasteiger partial charge in [0.25, 0.3) is 5.91 Å². The second kappa shape index (κ2) is 8.86. The molecule has 0 fully saturated rings. The van der Waals surface area contributed by atoms with Crippen molar-refractivity contribution >= 4 is 11.9 Å². The van der Waals surface area contributed by atoms with Gasteiger partial charge in [-0.3, -0.25) is 4.79 Å². The molecule has 0 unspecified atom stereocenters. The number of hydrogen-bond acceptors (Lipinski definition) is 5. The van der Waals surface area contributed by atoms with Crippen LogP contribution in [0.5, 0.6) is 5.75 Å². The number of carbonyl (C=O) groups excluding carboxylic acids is 1. The Bertz CT molecular complexity index is 688. The molecule has 6 nitrogen and oxygen atoms in total. The van der Waals surface area contributed by atoms with E-state index in [-0.39, 0.29) is 5.91 Å². The molecule has 1 amide bonds. The second-order valence-corrected chi connectivity index (χ2v) is 5.46. The first kappa shape index (κ1) is 17.7. The van der Waals surface area contributed by atoms with E-state index < -0.39 is 0 Å². The SMILES string of the molecule is CCCNC(=O)c1cc(C)nc(NCCc2ccccc2OC)n1. The fraction of sp³-hybridized carbons (Fsp3) is 0.389. The van der Waals surface area contributed by atoms with Gasteiger partial charge in [-0.1, -0.05) is 25.1 Å². The number of carbonyl (C=O) groups is 1. The Morgan fingerprint density at radius 1 is 1.21 bits per heavy atom. The number of anilines is 1. The van der Waals surface area contributed by atoms with Gasteiger partial charge < -0.3 is 15.4 Å². The molecular formula is C18H24N4O2. The largest absolute Gasteiger partial charge is 0.496 e. The standard InChI is InChI=1S/C18H24N4O2/c1-4-10-19-17(23)15-12-13(2)21-18(22-15)20-11-9-14-7-5-6-8-16(14)24-3/h5-8,12H,4,9-11H2,1-3H3,(H,19,23)(H,20,21,22). The number of rotatable bonds is 8. The molecule has 2 N–H and O–H groups in total. The highest BCUT2D eigenvalue weighted by molar-refractivity contribution is 5.92. The molecule has 6 heteroatoms. The van der Waals surface area contributed by atoms with Crippen molar-refractivity contribution in [2.45, 2.75) is 26.7 Å². The molecule has 0 aliphatic heterocycles. The van der Waals surface area contributed by atoms with Crippen LogP contribution in [0.1, 0.15) is 35.1 Å². The van der Waals surface area contributed by atoms with Gasteiger partial charge in [0.05, 0.1) is 7.11 Å². The van der Waals surface area contributed by atoms with Crippen LogP contribution in [0.25, 0.3) is 0 Å². The number of nitrogens with zero attached hydrogens (tertiary/aromatic N) is 2. The maximum atomic E-state index is 12.0. The van der Waals surface area contributed by atoms with Crippen LogP contribution in [0.4, 0.5) is 5.95 Å². The minimum Gasteiger partial charge on any atom is -0.496 e. The molecule has 0 aliphatic rings. The Kier molecular flexibility index (Phi) is 6.54. The highest BCUT2D eigenvalue weighted by Crippen LogP contribution is 2.17. The minimum absolute atomic E-state index is 0.171. The van der Waals surface area contributed by atoms with Crippen LogP contribution in [0, 0.1) is 6.92 Å². The smallest absolute Gasteiger partial charge is 0.270 e. The maximum Gasteiger partial charge on any atom is 0.270 e. The lowest BCUT2D eigenvalue weighted by atomic mass is 10.1. The van der Waals surface area contributed by atoms with Crippen LogP contribution in [-0.2, 0) is 6.42 Å². The number of methoxy groups -OCH3 is 1. The first-order valence-electron chi connectivity index (χ1n) is 8.13. The molecule has 0 aliphatic carbocycles. The van der Waals surface area contributed by atoms with Crippen LogP contribution in [0.15, 0.2) is 30.3 Å². The van der Waals surface area contributed by atoms with E-state index in [1.165, 1.54) is 0 Å². The van der Waals surface area contributed by atoms with Crippen molar-refractivity contribution in [1.29, 1.82) is 0 Å². The average Bonchev–Trinajstić information content (AvgIpc) is 2.59. The molecule has 24 heavy (non-hydrogen) atoms. The lowest BCUT2D eigenvalue weighted by Crippen LogP contribution is -2.25. The van der Waals surface area contributed by atoms with E-state index in [1.54, 1.807) is 13.2 Å². The third-order valence-corrected chi connectivity index (χ3v) is 3.49. The van der Waals surface area contributed by atoms with Crippen molar-refractivity contribution in [1.82, 2.24) is 15.3 Å². The quantitative estimate of drug-likeness (QED) is 0.779. The van der Waals surface area contributed by atoms with Crippen LogP contribution in [0.3, 0.4) is 0 Å². The zero-order chi connectivity index (χ0) is 17.4. The Labute approximate surface area is 142 Å². The number of nitrogens with one attached hydrogen (secondary N) is 2. The first-order valence-corrected chi connectivity index (χ1v) is 8.13. The summed E-state index contributed by atoms with van der Waals surface area (Å²) >= 11 is 0. The van der Waals surface area contributed by atoms with E-state index in [1.807, 2.05) is 38.1 Å². The molecule has 0 radical (unpaired) electrons. The Morgan fingerprint density at radius 2 is 2.00 bits per heavy atom. The summed E-state index contributed by atoms with van der Waals surface area (Å²) in [5.41, 5.74) is 2.25. The summed E-state index contributed by atoms with van der Waals surface area (Å²) in [6.45, 7) is 5.15. The summed E-state index contributed by atoms with van der Waals surface area (Å²) in [6.07, 6.45) is 1.67. The molecule has 0 bridgehead atoms. The molecule has 2 rings (SSSR count). The molecule has 0 spiro atoms. The summed E-state index contributed by atoms with van der Waals surface area (Å²) < 4.78 is 5.34. The van der Waals surface area contributed by atoms with Crippen molar-refractivity contribution < 1.29 is 9.53 Å². The molecule has 1 aromatic heterocycles. The van der Waals surface area contributed by atoms with Gasteiger partial charge in [0.1, 0.15) is 11.4 Å². The average molecular weight is 328 g/mol. The van der Waals surface area contributed by atoms with Crippen molar-refractivity contribution in [3.05, 3.63) is 47.3 Å². The third-order valence-electron chi connectivity index (χ3n) is 3.49. The highest BCUT2D eigenvalue weighted by atomic mass is 16.5. The fourth-order valence-electron chi connectivity index (χ4n) is 2.31. The second-order valence-electron chi connectivity index (χ2n) is 5.46. The third kappa shape index (κ3) is 4.94. The normalized spacial score (nSPS) is 10.3. The van der Waals surface area contributed by atoms with E-state index >= 15 is 0 Å². The van der Waals surface area contributed by atoms with Gasteiger partial charge >= 0.3 is 0 Å². The van der Waals surface area contributed by atoms with Crippen LogP contribution < -0.4 is 15.4 Å². The monoisotopic (exact) mass is 328 g/mol. The summed E-state index contributed by atoms with van der Waals surface area (Å²) in [6, 6.07) is 9.59. The number of amides is 1. The Hall–Kier alpha value is -2.63. The maximum absolute atomic E-state index is 12.0. The van der Waals surface area contributed by atoms with E-state index in [2.05, 4.69) is 20.6 Å². The Morgan fingerprint density at radius 3 is 2.75 bits per heavy atom. The lowest BCUT2D eigenvalue weighted by molar-refractivity contribution is 0.0948. The van der Waals surface area contributed by atoms with Gasteiger partial charge in [0.15, 0.2) is 0 Å². The first-order chi connectivity index (χ1) is 11.6. The summed E-state index contributed by atoms with van der Waals surface area (Å²) in [4.78, 5) is 20.7. The molecule has 0 atom stereocenters. The predicted octanol–water partition coefficient (Wildman–Crippen LogP) is 2.59.